The predicted molar refractivity (Wildman–Crippen MR) is 107 cm³/mol. The van der Waals surface area contributed by atoms with Crippen LogP contribution in [0.5, 0.6) is 0 Å². The Labute approximate surface area is 172 Å². The second kappa shape index (κ2) is 7.18. The van der Waals surface area contributed by atoms with E-state index in [0.717, 1.165) is 34.6 Å². The highest BCUT2D eigenvalue weighted by Crippen LogP contribution is 2.37. The molecule has 4 rings (SSSR count). The molecule has 0 unspecified atom stereocenters. The van der Waals surface area contributed by atoms with E-state index < -0.39 is 11.7 Å². The number of carbonyl (C=O) groups is 1. The summed E-state index contributed by atoms with van der Waals surface area (Å²) in [5.41, 5.74) is 2.85. The number of amides is 1. The minimum Gasteiger partial charge on any atom is -0.371 e. The lowest BCUT2D eigenvalue weighted by molar-refractivity contribution is -0.137. The van der Waals surface area contributed by atoms with Gasteiger partial charge >= 0.3 is 6.18 Å². The second-order valence-electron chi connectivity index (χ2n) is 8.30. The third-order valence-corrected chi connectivity index (χ3v) is 6.32. The van der Waals surface area contributed by atoms with Gasteiger partial charge < -0.3 is 14.4 Å². The minimum atomic E-state index is -4.34. The van der Waals surface area contributed by atoms with Crippen LogP contribution in [0.1, 0.15) is 41.8 Å². The highest BCUT2D eigenvalue weighted by atomic mass is 19.4. The lowest BCUT2D eigenvalue weighted by Gasteiger charge is -2.41. The number of benzene rings is 1. The maximum Gasteiger partial charge on any atom is 0.416 e. The number of alkyl halides is 3. The molecule has 1 aromatic heterocycles. The second-order valence-corrected chi connectivity index (χ2v) is 8.30. The van der Waals surface area contributed by atoms with Crippen LogP contribution in [0.25, 0.3) is 0 Å². The zero-order chi connectivity index (χ0) is 21.8. The van der Waals surface area contributed by atoms with Gasteiger partial charge in [0.05, 0.1) is 18.2 Å². The van der Waals surface area contributed by atoms with E-state index in [1.54, 1.807) is 17.7 Å². The summed E-state index contributed by atoms with van der Waals surface area (Å²) >= 11 is 0. The molecule has 0 radical (unpaired) electrons. The van der Waals surface area contributed by atoms with Crippen LogP contribution in [0, 0.1) is 12.8 Å². The first-order valence-electron chi connectivity index (χ1n) is 9.97. The lowest BCUT2D eigenvalue weighted by atomic mass is 9.94. The number of aromatic nitrogens is 1. The van der Waals surface area contributed by atoms with Crippen LogP contribution in [0.2, 0.25) is 0 Å². The molecule has 2 aliphatic heterocycles. The van der Waals surface area contributed by atoms with E-state index >= 15 is 0 Å². The monoisotopic (exact) mass is 419 g/mol. The molecule has 2 aromatic rings. The number of nitrogens with zero attached hydrogens (tertiary/aromatic N) is 3. The van der Waals surface area contributed by atoms with Gasteiger partial charge in [0.2, 0.25) is 5.91 Å². The Morgan fingerprint density at radius 2 is 1.80 bits per heavy atom. The first-order valence-corrected chi connectivity index (χ1v) is 9.97. The SMILES string of the molecule is Cc1cc(=O)n(C)c2c1[C@H](C)N(C(=O)CC1CN(c3ccc(C(F)(F)F)cc3)C1)C2. The van der Waals surface area contributed by atoms with Crippen molar-refractivity contribution < 1.29 is 18.0 Å². The highest BCUT2D eigenvalue weighted by molar-refractivity contribution is 5.78. The van der Waals surface area contributed by atoms with Gasteiger partial charge in [-0.15, -0.1) is 0 Å². The molecule has 0 spiro atoms. The maximum absolute atomic E-state index is 12.9. The molecule has 2 aliphatic rings. The zero-order valence-corrected chi connectivity index (χ0v) is 17.2. The van der Waals surface area contributed by atoms with E-state index in [4.69, 9.17) is 0 Å². The van der Waals surface area contributed by atoms with Crippen molar-refractivity contribution in [3.05, 3.63) is 63.1 Å². The Kier molecular flexibility index (Phi) is 4.91. The summed E-state index contributed by atoms with van der Waals surface area (Å²) in [6.45, 7) is 5.60. The van der Waals surface area contributed by atoms with Gasteiger partial charge in [-0.1, -0.05) is 0 Å². The van der Waals surface area contributed by atoms with Crippen LogP contribution in [0.4, 0.5) is 18.9 Å². The summed E-state index contributed by atoms with van der Waals surface area (Å²) in [6, 6.07) is 6.65. The van der Waals surface area contributed by atoms with Crippen molar-refractivity contribution in [3.63, 3.8) is 0 Å². The molecule has 8 heteroatoms. The summed E-state index contributed by atoms with van der Waals surface area (Å²) in [5.74, 6) is 0.211. The van der Waals surface area contributed by atoms with Crippen molar-refractivity contribution in [3.8, 4) is 0 Å². The number of aryl methyl sites for hydroxylation is 1. The fraction of sp³-hybridized carbons (Fsp3) is 0.455. The van der Waals surface area contributed by atoms with Gasteiger partial charge in [-0.3, -0.25) is 9.59 Å². The Hall–Kier alpha value is -2.77. The molecule has 0 aliphatic carbocycles. The van der Waals surface area contributed by atoms with E-state index in [0.29, 0.717) is 26.1 Å². The summed E-state index contributed by atoms with van der Waals surface area (Å²) in [7, 11) is 1.73. The molecular formula is C22H24F3N3O2. The third kappa shape index (κ3) is 3.48. The molecule has 1 aromatic carbocycles. The van der Waals surface area contributed by atoms with Crippen LogP contribution >= 0.6 is 0 Å². The Balaban J connectivity index is 1.37. The standard InChI is InChI=1S/C22H24F3N3O2/c1-13-8-19(29)26(3)18-12-28(14(2)21(13)18)20(30)9-15-10-27(11-15)17-6-4-16(5-7-17)22(23,24)25/h4-8,14-15H,9-12H2,1-3H3/t14-/m0/s1. The average molecular weight is 419 g/mol. The number of hydrogen-bond acceptors (Lipinski definition) is 3. The van der Waals surface area contributed by atoms with E-state index in [-0.39, 0.29) is 23.4 Å². The summed E-state index contributed by atoms with van der Waals surface area (Å²) in [5, 5.41) is 0. The zero-order valence-electron chi connectivity index (χ0n) is 17.2. The topological polar surface area (TPSA) is 45.6 Å². The molecule has 0 saturated carbocycles. The molecule has 160 valence electrons. The molecule has 3 heterocycles. The molecule has 30 heavy (non-hydrogen) atoms. The van der Waals surface area contributed by atoms with Crippen molar-refractivity contribution in [2.24, 2.45) is 13.0 Å². The predicted octanol–water partition coefficient (Wildman–Crippen LogP) is 3.64. The van der Waals surface area contributed by atoms with Gasteiger partial charge in [-0.2, -0.15) is 13.2 Å². The molecule has 1 atom stereocenters. The summed E-state index contributed by atoms with van der Waals surface area (Å²) in [4.78, 5) is 28.8. The number of pyridine rings is 1. The number of halogens is 3. The van der Waals surface area contributed by atoms with E-state index in [1.807, 2.05) is 23.6 Å². The fourth-order valence-electron chi connectivity index (χ4n) is 4.56. The Bertz CT molecular complexity index is 1040. The molecule has 1 saturated heterocycles. The summed E-state index contributed by atoms with van der Waals surface area (Å²) < 4.78 is 39.7. The van der Waals surface area contributed by atoms with Gasteiger partial charge in [-0.05, 0) is 49.2 Å². The number of fused-ring (bicyclic) bond motifs is 1. The Morgan fingerprint density at radius 1 is 1.17 bits per heavy atom. The van der Waals surface area contributed by atoms with Gasteiger partial charge in [0, 0.05) is 49.9 Å². The van der Waals surface area contributed by atoms with Crippen molar-refractivity contribution in [1.29, 1.82) is 0 Å². The normalized spacial score (nSPS) is 19.1. The van der Waals surface area contributed by atoms with Crippen LogP contribution in [0.3, 0.4) is 0 Å². The van der Waals surface area contributed by atoms with Crippen LogP contribution in [0.15, 0.2) is 35.1 Å². The van der Waals surface area contributed by atoms with Crippen molar-refractivity contribution in [2.75, 3.05) is 18.0 Å². The van der Waals surface area contributed by atoms with E-state index in [9.17, 15) is 22.8 Å². The average Bonchev–Trinajstić information content (AvgIpc) is 3.00. The summed E-state index contributed by atoms with van der Waals surface area (Å²) in [6.07, 6.45) is -3.95. The van der Waals surface area contributed by atoms with Gasteiger partial charge in [0.15, 0.2) is 0 Å². The molecule has 0 N–H and O–H groups in total. The van der Waals surface area contributed by atoms with E-state index in [2.05, 4.69) is 0 Å². The van der Waals surface area contributed by atoms with E-state index in [1.165, 1.54) is 12.1 Å². The molecule has 1 fully saturated rings. The number of rotatable bonds is 3. The van der Waals surface area contributed by atoms with Crippen LogP contribution < -0.4 is 10.5 Å². The van der Waals surface area contributed by atoms with Crippen LogP contribution in [-0.2, 0) is 24.6 Å². The highest BCUT2D eigenvalue weighted by Gasteiger charge is 2.37. The molecule has 5 nitrogen and oxygen atoms in total. The number of hydrogen-bond donors (Lipinski definition) is 0. The van der Waals surface area contributed by atoms with Gasteiger partial charge in [-0.25, -0.2) is 0 Å². The minimum absolute atomic E-state index is 0.0441. The lowest BCUT2D eigenvalue weighted by Crippen LogP contribution is -2.48. The Morgan fingerprint density at radius 3 is 2.40 bits per heavy atom. The first kappa shape index (κ1) is 20.5. The quantitative estimate of drug-likeness (QED) is 0.763. The fourth-order valence-corrected chi connectivity index (χ4v) is 4.56. The van der Waals surface area contributed by atoms with Crippen LogP contribution in [-0.4, -0.2) is 28.5 Å². The molecule has 1 amide bonds. The van der Waals surface area contributed by atoms with Gasteiger partial charge in [0.25, 0.3) is 5.56 Å². The molecular weight excluding hydrogens is 395 g/mol. The maximum atomic E-state index is 12.9. The number of carbonyl (C=O) groups excluding carboxylic acids is 1. The number of anilines is 1. The third-order valence-electron chi connectivity index (χ3n) is 6.32. The first-order chi connectivity index (χ1) is 14.1. The van der Waals surface area contributed by atoms with Gasteiger partial charge in [0.1, 0.15) is 0 Å². The largest absolute Gasteiger partial charge is 0.416 e. The van der Waals surface area contributed by atoms with Crippen molar-refractivity contribution in [2.45, 2.75) is 39.0 Å². The molecule has 0 bridgehead atoms. The van der Waals surface area contributed by atoms with Crippen molar-refractivity contribution in [1.82, 2.24) is 9.47 Å². The smallest absolute Gasteiger partial charge is 0.371 e. The van der Waals surface area contributed by atoms with Crippen molar-refractivity contribution >= 4 is 11.6 Å².